The lowest BCUT2D eigenvalue weighted by Crippen LogP contribution is -2.26. The van der Waals surface area contributed by atoms with Crippen LogP contribution in [0.5, 0.6) is 17.6 Å². The van der Waals surface area contributed by atoms with E-state index in [1.807, 2.05) is 41.5 Å². The fraction of sp³-hybridized carbons (Fsp3) is 0.545. The second-order valence-electron chi connectivity index (χ2n) is 9.39. The first-order valence-corrected chi connectivity index (χ1v) is 10.4. The highest BCUT2D eigenvalue weighted by Gasteiger charge is 2.28. The number of imidazole rings is 1. The first-order chi connectivity index (χ1) is 14.8. The van der Waals surface area contributed by atoms with Crippen molar-refractivity contribution in [3.8, 4) is 28.9 Å². The molecule has 3 heterocycles. The van der Waals surface area contributed by atoms with Crippen molar-refractivity contribution < 1.29 is 23.0 Å². The third-order valence-corrected chi connectivity index (χ3v) is 4.09. The Bertz CT molecular complexity index is 1090. The molecule has 174 valence electrons. The largest absolute Gasteiger partial charge is 0.483 e. The molecule has 3 aromatic heterocycles. The van der Waals surface area contributed by atoms with Crippen molar-refractivity contribution in [2.45, 2.75) is 72.0 Å². The van der Waals surface area contributed by atoms with Crippen molar-refractivity contribution in [3.05, 3.63) is 24.7 Å². The minimum Gasteiger partial charge on any atom is -0.483 e. The Balaban J connectivity index is 2.08. The van der Waals surface area contributed by atoms with Crippen molar-refractivity contribution in [1.29, 1.82) is 0 Å². The minimum absolute atomic E-state index is 0.156. The third kappa shape index (κ3) is 6.02. The molecule has 0 aliphatic carbocycles. The minimum atomic E-state index is -2.96. The number of alkyl halides is 2. The summed E-state index contributed by atoms with van der Waals surface area (Å²) in [5.41, 5.74) is 0.104. The summed E-state index contributed by atoms with van der Waals surface area (Å²) in [6.07, 6.45) is 4.32. The quantitative estimate of drug-likeness (QED) is 0.504. The molecule has 0 aliphatic rings. The Morgan fingerprint density at radius 3 is 2.31 bits per heavy atom. The number of halogens is 2. The highest BCUT2D eigenvalue weighted by atomic mass is 19.3. The van der Waals surface area contributed by atoms with Crippen LogP contribution in [0.15, 0.2) is 24.7 Å². The van der Waals surface area contributed by atoms with Crippen LogP contribution in [0.3, 0.4) is 0 Å². The number of fused-ring (bicyclic) bond motifs is 1. The van der Waals surface area contributed by atoms with Crippen LogP contribution >= 0.6 is 0 Å². The van der Waals surface area contributed by atoms with Crippen LogP contribution < -0.4 is 14.2 Å². The molecule has 0 radical (unpaired) electrons. The molecule has 0 N–H and O–H groups in total. The van der Waals surface area contributed by atoms with Gasteiger partial charge in [0.2, 0.25) is 5.88 Å². The van der Waals surface area contributed by atoms with Gasteiger partial charge >= 0.3 is 6.01 Å². The molecule has 0 atom stereocenters. The molecule has 0 fully saturated rings. The second-order valence-corrected chi connectivity index (χ2v) is 9.39. The molecular weight excluding hydrogens is 420 g/mol. The van der Waals surface area contributed by atoms with Crippen molar-refractivity contribution >= 4 is 5.65 Å². The van der Waals surface area contributed by atoms with Gasteiger partial charge in [0.25, 0.3) is 5.92 Å². The van der Waals surface area contributed by atoms with E-state index in [1.54, 1.807) is 6.20 Å². The number of hydrogen-bond acceptors (Lipinski definition) is 7. The average Bonchev–Trinajstić information content (AvgIpc) is 3.12. The number of rotatable bonds is 7. The molecular formula is C22H29F2N5O3. The number of ether oxygens (including phenoxy) is 3. The third-order valence-electron chi connectivity index (χ3n) is 4.09. The van der Waals surface area contributed by atoms with Gasteiger partial charge in [0.05, 0.1) is 5.56 Å². The first kappa shape index (κ1) is 23.6. The van der Waals surface area contributed by atoms with Crippen LogP contribution in [0.2, 0.25) is 0 Å². The molecule has 3 aromatic rings. The van der Waals surface area contributed by atoms with Crippen molar-refractivity contribution in [2.24, 2.45) is 0 Å². The summed E-state index contributed by atoms with van der Waals surface area (Å²) in [6, 6.07) is 1.69. The van der Waals surface area contributed by atoms with Crippen LogP contribution in [-0.4, -0.2) is 48.3 Å². The van der Waals surface area contributed by atoms with E-state index in [4.69, 9.17) is 14.2 Å². The van der Waals surface area contributed by atoms with Crippen molar-refractivity contribution in [1.82, 2.24) is 24.6 Å². The van der Waals surface area contributed by atoms with Crippen LogP contribution in [0.25, 0.3) is 16.9 Å². The van der Waals surface area contributed by atoms with Gasteiger partial charge in [-0.15, -0.1) is 0 Å². The predicted molar refractivity (Wildman–Crippen MR) is 116 cm³/mol. The van der Waals surface area contributed by atoms with Gasteiger partial charge in [-0.1, -0.05) is 6.92 Å². The Kier molecular flexibility index (Phi) is 6.26. The van der Waals surface area contributed by atoms with Crippen molar-refractivity contribution in [3.63, 3.8) is 0 Å². The summed E-state index contributed by atoms with van der Waals surface area (Å²) >= 11 is 0. The smallest absolute Gasteiger partial charge is 0.320 e. The zero-order valence-electron chi connectivity index (χ0n) is 19.4. The molecule has 0 aliphatic heterocycles. The van der Waals surface area contributed by atoms with Gasteiger partial charge in [-0.25, -0.2) is 23.3 Å². The first-order valence-electron chi connectivity index (χ1n) is 10.4. The summed E-state index contributed by atoms with van der Waals surface area (Å²) in [6.45, 7) is 12.0. The van der Waals surface area contributed by atoms with Crippen LogP contribution in [0, 0.1) is 0 Å². The van der Waals surface area contributed by atoms with Gasteiger partial charge in [-0.3, -0.25) is 0 Å². The monoisotopic (exact) mass is 449 g/mol. The van der Waals surface area contributed by atoms with E-state index >= 15 is 0 Å². The Hall–Kier alpha value is -3.04. The number of hydrogen-bond donors (Lipinski definition) is 0. The maximum Gasteiger partial charge on any atom is 0.320 e. The van der Waals surface area contributed by atoms with Crippen LogP contribution in [-0.2, 0) is 0 Å². The molecule has 0 saturated heterocycles. The van der Waals surface area contributed by atoms with Gasteiger partial charge in [-0.2, -0.15) is 10.1 Å². The highest BCUT2D eigenvalue weighted by molar-refractivity contribution is 5.68. The average molecular weight is 450 g/mol. The van der Waals surface area contributed by atoms with Gasteiger partial charge in [0.15, 0.2) is 18.0 Å². The van der Waals surface area contributed by atoms with E-state index in [2.05, 4.69) is 20.1 Å². The SMILES string of the molecule is CCC(F)(F)COc1cc(-c2cnc(OC(C)(C)C)nc2OC(C)(C)C)nn2ccnc12. The lowest BCUT2D eigenvalue weighted by molar-refractivity contribution is -0.0433. The standard InChI is InChI=1S/C22H29F2N5O3/c1-8-22(23,24)13-30-16-11-15(28-29-10-9-25-17(16)29)14-12-26-19(32-21(5,6)7)27-18(14)31-20(2,3)4/h9-12H,8,13H2,1-7H3. The molecule has 0 amide bonds. The zero-order chi connectivity index (χ0) is 23.7. The maximum atomic E-state index is 13.8. The normalized spacial score (nSPS) is 12.8. The summed E-state index contributed by atoms with van der Waals surface area (Å²) in [5.74, 6) is -2.53. The van der Waals surface area contributed by atoms with Crippen LogP contribution in [0.4, 0.5) is 8.78 Å². The lowest BCUT2D eigenvalue weighted by atomic mass is 10.1. The summed E-state index contributed by atoms with van der Waals surface area (Å²) in [4.78, 5) is 12.9. The lowest BCUT2D eigenvalue weighted by Gasteiger charge is -2.24. The summed E-state index contributed by atoms with van der Waals surface area (Å²) in [7, 11) is 0. The molecule has 0 bridgehead atoms. The fourth-order valence-corrected chi connectivity index (χ4v) is 2.63. The van der Waals surface area contributed by atoms with E-state index in [1.165, 1.54) is 29.9 Å². The van der Waals surface area contributed by atoms with E-state index in [9.17, 15) is 8.78 Å². The van der Waals surface area contributed by atoms with Gasteiger partial charge in [0.1, 0.15) is 16.9 Å². The number of nitrogens with zero attached hydrogens (tertiary/aromatic N) is 5. The Labute approximate surface area is 186 Å². The predicted octanol–water partition coefficient (Wildman–Crippen LogP) is 4.97. The van der Waals surface area contributed by atoms with E-state index < -0.39 is 23.7 Å². The molecule has 32 heavy (non-hydrogen) atoms. The second kappa shape index (κ2) is 8.48. The molecule has 3 rings (SSSR count). The molecule has 0 unspecified atom stereocenters. The van der Waals surface area contributed by atoms with E-state index in [0.29, 0.717) is 16.9 Å². The summed E-state index contributed by atoms with van der Waals surface area (Å²) in [5, 5.41) is 4.51. The van der Waals surface area contributed by atoms with Gasteiger partial charge in [-0.05, 0) is 41.5 Å². The maximum absolute atomic E-state index is 13.8. The highest BCUT2D eigenvalue weighted by Crippen LogP contribution is 2.34. The Morgan fingerprint density at radius 1 is 1.00 bits per heavy atom. The fourth-order valence-electron chi connectivity index (χ4n) is 2.63. The topological polar surface area (TPSA) is 83.7 Å². The number of aromatic nitrogens is 5. The zero-order valence-corrected chi connectivity index (χ0v) is 19.4. The Morgan fingerprint density at radius 2 is 1.69 bits per heavy atom. The molecule has 0 spiro atoms. The van der Waals surface area contributed by atoms with Gasteiger partial charge < -0.3 is 14.2 Å². The van der Waals surface area contributed by atoms with E-state index in [0.717, 1.165) is 0 Å². The molecule has 10 heteroatoms. The van der Waals surface area contributed by atoms with Crippen LogP contribution in [0.1, 0.15) is 54.9 Å². The van der Waals surface area contributed by atoms with Crippen molar-refractivity contribution in [2.75, 3.05) is 6.61 Å². The molecule has 0 aromatic carbocycles. The molecule has 8 nitrogen and oxygen atoms in total. The van der Waals surface area contributed by atoms with E-state index in [-0.39, 0.29) is 24.1 Å². The summed E-state index contributed by atoms with van der Waals surface area (Å²) < 4.78 is 46.3. The van der Waals surface area contributed by atoms with Gasteiger partial charge in [0, 0.05) is 31.1 Å². The molecule has 0 saturated carbocycles.